The summed E-state index contributed by atoms with van der Waals surface area (Å²) in [7, 11) is 0. The average molecular weight is 262 g/mol. The average Bonchev–Trinajstić information content (AvgIpc) is 2.35. The molecule has 100 valence electrons. The molecule has 0 atom stereocenters. The molecule has 0 saturated carbocycles. The van der Waals surface area contributed by atoms with Crippen LogP contribution in [0.3, 0.4) is 0 Å². The Balaban J connectivity index is 2.32. The van der Waals surface area contributed by atoms with Crippen LogP contribution in [-0.2, 0) is 16.0 Å². The molecule has 0 aliphatic carbocycles. The molecule has 0 spiro atoms. The van der Waals surface area contributed by atoms with Gasteiger partial charge in [-0.15, -0.1) is 0 Å². The lowest BCUT2D eigenvalue weighted by Crippen LogP contribution is -2.07. The van der Waals surface area contributed by atoms with Crippen molar-refractivity contribution in [2.24, 2.45) is 0 Å². The second-order valence-electron chi connectivity index (χ2n) is 4.08. The largest absolute Gasteiger partial charge is 0.508 e. The minimum Gasteiger partial charge on any atom is -0.508 e. The van der Waals surface area contributed by atoms with Crippen LogP contribution < -0.4 is 5.63 Å². The van der Waals surface area contributed by atoms with Crippen molar-refractivity contribution in [3.8, 4) is 5.75 Å². The third-order valence-corrected chi connectivity index (χ3v) is 2.72. The summed E-state index contributed by atoms with van der Waals surface area (Å²) in [5.74, 6) is -0.277. The van der Waals surface area contributed by atoms with Gasteiger partial charge in [-0.2, -0.15) is 0 Å². The van der Waals surface area contributed by atoms with Crippen LogP contribution >= 0.6 is 0 Å². The van der Waals surface area contributed by atoms with Gasteiger partial charge in [-0.25, -0.2) is 4.79 Å². The number of aromatic hydroxyl groups is 1. The predicted molar refractivity (Wildman–Crippen MR) is 69.1 cm³/mol. The van der Waals surface area contributed by atoms with Gasteiger partial charge in [-0.3, -0.25) is 4.79 Å². The van der Waals surface area contributed by atoms with Crippen molar-refractivity contribution < 1.29 is 19.1 Å². The zero-order valence-electron chi connectivity index (χ0n) is 10.5. The maximum atomic E-state index is 11.4. The molecule has 1 aromatic carbocycles. The first kappa shape index (κ1) is 13.1. The Hall–Kier alpha value is -2.30. The van der Waals surface area contributed by atoms with E-state index in [0.29, 0.717) is 29.6 Å². The highest BCUT2D eigenvalue weighted by atomic mass is 16.5. The Labute approximate surface area is 109 Å². The van der Waals surface area contributed by atoms with Gasteiger partial charge in [0.05, 0.1) is 6.61 Å². The fourth-order valence-corrected chi connectivity index (χ4v) is 1.90. The van der Waals surface area contributed by atoms with Crippen LogP contribution in [0, 0.1) is 0 Å². The minimum absolute atomic E-state index is 0.0261. The summed E-state index contributed by atoms with van der Waals surface area (Å²) in [6, 6.07) is 5.91. The first-order valence-electron chi connectivity index (χ1n) is 6.01. The molecule has 5 nitrogen and oxygen atoms in total. The van der Waals surface area contributed by atoms with Crippen LogP contribution in [0.1, 0.15) is 18.9 Å². The molecule has 2 rings (SSSR count). The molecule has 0 aliphatic rings. The van der Waals surface area contributed by atoms with Crippen molar-refractivity contribution in [2.45, 2.75) is 19.8 Å². The quantitative estimate of drug-likeness (QED) is 0.673. The Bertz CT molecular complexity index is 656. The Morgan fingerprint density at radius 2 is 2.16 bits per heavy atom. The number of aryl methyl sites for hydroxylation is 1. The van der Waals surface area contributed by atoms with E-state index in [9.17, 15) is 14.7 Å². The van der Waals surface area contributed by atoms with Crippen molar-refractivity contribution in [1.29, 1.82) is 0 Å². The molecule has 1 N–H and O–H groups in total. The highest BCUT2D eigenvalue weighted by Gasteiger charge is 2.09. The van der Waals surface area contributed by atoms with E-state index in [1.807, 2.05) is 0 Å². The standard InChI is InChI=1S/C14H14O5/c1-2-18-13(16)6-3-9-7-14(17)19-12-8-10(15)4-5-11(9)12/h4-5,7-8,15H,2-3,6H2,1H3. The van der Waals surface area contributed by atoms with Crippen molar-refractivity contribution in [1.82, 2.24) is 0 Å². The van der Waals surface area contributed by atoms with Gasteiger partial charge in [0.2, 0.25) is 0 Å². The third kappa shape index (κ3) is 3.13. The van der Waals surface area contributed by atoms with Crippen LogP contribution in [0.5, 0.6) is 5.75 Å². The van der Waals surface area contributed by atoms with Gasteiger partial charge in [-0.05, 0) is 31.0 Å². The molecular formula is C14H14O5. The van der Waals surface area contributed by atoms with E-state index in [2.05, 4.69) is 0 Å². The highest BCUT2D eigenvalue weighted by Crippen LogP contribution is 2.22. The molecule has 1 aromatic heterocycles. The van der Waals surface area contributed by atoms with E-state index in [-0.39, 0.29) is 18.1 Å². The van der Waals surface area contributed by atoms with Crippen LogP contribution in [0.4, 0.5) is 0 Å². The smallest absolute Gasteiger partial charge is 0.336 e. The molecule has 2 aromatic rings. The summed E-state index contributed by atoms with van der Waals surface area (Å²) in [6.45, 7) is 2.08. The normalized spacial score (nSPS) is 10.6. The van der Waals surface area contributed by atoms with E-state index in [1.54, 1.807) is 13.0 Å². The molecule has 0 bridgehead atoms. The lowest BCUT2D eigenvalue weighted by molar-refractivity contribution is -0.143. The van der Waals surface area contributed by atoms with Crippen molar-refractivity contribution >= 4 is 16.9 Å². The van der Waals surface area contributed by atoms with Gasteiger partial charge in [0, 0.05) is 23.9 Å². The molecule has 0 radical (unpaired) electrons. The number of carbonyl (C=O) groups is 1. The van der Waals surface area contributed by atoms with E-state index >= 15 is 0 Å². The lowest BCUT2D eigenvalue weighted by Gasteiger charge is -2.05. The van der Waals surface area contributed by atoms with Crippen molar-refractivity contribution in [2.75, 3.05) is 6.61 Å². The SMILES string of the molecule is CCOC(=O)CCc1cc(=O)oc2cc(O)ccc12. The molecule has 0 saturated heterocycles. The fraction of sp³-hybridized carbons (Fsp3) is 0.286. The number of fused-ring (bicyclic) bond motifs is 1. The summed E-state index contributed by atoms with van der Waals surface area (Å²) >= 11 is 0. The number of phenolic OH excluding ortho intramolecular Hbond substituents is 1. The second kappa shape index (κ2) is 5.56. The van der Waals surface area contributed by atoms with Gasteiger partial charge in [0.15, 0.2) is 0 Å². The molecule has 0 fully saturated rings. The van der Waals surface area contributed by atoms with Crippen LogP contribution in [0.15, 0.2) is 33.5 Å². The van der Waals surface area contributed by atoms with Crippen molar-refractivity contribution in [3.63, 3.8) is 0 Å². The summed E-state index contributed by atoms with van der Waals surface area (Å²) in [4.78, 5) is 22.7. The second-order valence-corrected chi connectivity index (χ2v) is 4.08. The fourth-order valence-electron chi connectivity index (χ4n) is 1.90. The number of hydrogen-bond acceptors (Lipinski definition) is 5. The monoisotopic (exact) mass is 262 g/mol. The Kier molecular flexibility index (Phi) is 3.85. The number of rotatable bonds is 4. The number of hydrogen-bond donors (Lipinski definition) is 1. The van der Waals surface area contributed by atoms with Gasteiger partial charge in [0.1, 0.15) is 11.3 Å². The topological polar surface area (TPSA) is 76.7 Å². The first-order valence-corrected chi connectivity index (χ1v) is 6.01. The molecule has 5 heteroatoms. The van der Waals surface area contributed by atoms with Crippen molar-refractivity contribution in [3.05, 3.63) is 40.2 Å². The number of esters is 1. The molecular weight excluding hydrogens is 248 g/mol. The maximum absolute atomic E-state index is 11.4. The molecule has 1 heterocycles. The Morgan fingerprint density at radius 1 is 1.37 bits per heavy atom. The highest BCUT2D eigenvalue weighted by molar-refractivity contribution is 5.82. The van der Waals surface area contributed by atoms with Crippen LogP contribution in [-0.4, -0.2) is 17.7 Å². The summed E-state index contributed by atoms with van der Waals surface area (Å²) in [6.07, 6.45) is 0.596. The molecule has 0 unspecified atom stereocenters. The van der Waals surface area contributed by atoms with Crippen LogP contribution in [0.25, 0.3) is 11.0 Å². The number of phenols is 1. The number of ether oxygens (including phenoxy) is 1. The van der Waals surface area contributed by atoms with Gasteiger partial charge in [0.25, 0.3) is 0 Å². The van der Waals surface area contributed by atoms with E-state index in [1.165, 1.54) is 18.2 Å². The predicted octanol–water partition coefficient (Wildman–Crippen LogP) is 1.99. The summed E-state index contributed by atoms with van der Waals surface area (Å²) in [5, 5.41) is 10.1. The number of carbonyl (C=O) groups excluding carboxylic acids is 1. The minimum atomic E-state index is -0.503. The molecule has 0 aliphatic heterocycles. The number of benzene rings is 1. The zero-order valence-corrected chi connectivity index (χ0v) is 10.5. The molecule has 0 amide bonds. The lowest BCUT2D eigenvalue weighted by atomic mass is 10.1. The van der Waals surface area contributed by atoms with Gasteiger partial charge < -0.3 is 14.3 Å². The van der Waals surface area contributed by atoms with Gasteiger partial charge in [-0.1, -0.05) is 0 Å². The van der Waals surface area contributed by atoms with Gasteiger partial charge >= 0.3 is 11.6 Å². The van der Waals surface area contributed by atoms with E-state index < -0.39 is 5.63 Å². The van der Waals surface area contributed by atoms with E-state index in [4.69, 9.17) is 9.15 Å². The molecule has 19 heavy (non-hydrogen) atoms. The maximum Gasteiger partial charge on any atom is 0.336 e. The summed E-state index contributed by atoms with van der Waals surface area (Å²) < 4.78 is 9.85. The Morgan fingerprint density at radius 3 is 2.89 bits per heavy atom. The summed E-state index contributed by atoms with van der Waals surface area (Å²) in [5.41, 5.74) is 0.516. The van der Waals surface area contributed by atoms with E-state index in [0.717, 1.165) is 0 Å². The third-order valence-electron chi connectivity index (χ3n) is 2.72. The zero-order chi connectivity index (χ0) is 13.8. The van der Waals surface area contributed by atoms with Crippen LogP contribution in [0.2, 0.25) is 0 Å². The first-order chi connectivity index (χ1) is 9.10.